The van der Waals surface area contributed by atoms with Crippen molar-refractivity contribution in [2.45, 2.75) is 64.6 Å². The molecule has 0 radical (unpaired) electrons. The second kappa shape index (κ2) is 7.24. The summed E-state index contributed by atoms with van der Waals surface area (Å²) in [6.07, 6.45) is 3.83. The van der Waals surface area contributed by atoms with Gasteiger partial charge in [-0.2, -0.15) is 0 Å². The number of ether oxygens (including phenoxy) is 1. The number of nitrogens with zero attached hydrogens (tertiary/aromatic N) is 1. The van der Waals surface area contributed by atoms with Crippen LogP contribution in [0.15, 0.2) is 18.2 Å². The average Bonchev–Trinajstić information content (AvgIpc) is 2.83. The zero-order chi connectivity index (χ0) is 18.9. The lowest BCUT2D eigenvalue weighted by Crippen LogP contribution is -2.41. The van der Waals surface area contributed by atoms with E-state index in [0.29, 0.717) is 6.42 Å². The van der Waals surface area contributed by atoms with Gasteiger partial charge in [-0.05, 0) is 58.6 Å². The van der Waals surface area contributed by atoms with Crippen molar-refractivity contribution in [2.24, 2.45) is 0 Å². The highest BCUT2D eigenvalue weighted by molar-refractivity contribution is 6.63. The molecule has 2 aliphatic heterocycles. The maximum absolute atomic E-state index is 12.6. The second-order valence-corrected chi connectivity index (χ2v) is 8.28. The number of hydrogen-bond acceptors (Lipinski definition) is 4. The average molecular weight is 359 g/mol. The van der Waals surface area contributed by atoms with Crippen molar-refractivity contribution in [2.75, 3.05) is 20.2 Å². The summed E-state index contributed by atoms with van der Waals surface area (Å²) < 4.78 is 17.9. The molecule has 1 aromatic rings. The Labute approximate surface area is 157 Å². The third kappa shape index (κ3) is 3.76. The van der Waals surface area contributed by atoms with Gasteiger partial charge in [-0.15, -0.1) is 0 Å². The molecule has 3 rings (SSSR count). The third-order valence-corrected chi connectivity index (χ3v) is 5.87. The van der Waals surface area contributed by atoms with E-state index in [1.807, 2.05) is 50.8 Å². The van der Waals surface area contributed by atoms with E-state index in [-0.39, 0.29) is 5.91 Å². The number of piperidine rings is 1. The molecule has 0 atom stereocenters. The van der Waals surface area contributed by atoms with Gasteiger partial charge >= 0.3 is 7.12 Å². The van der Waals surface area contributed by atoms with Crippen LogP contribution in [0.1, 0.15) is 52.5 Å². The molecular weight excluding hydrogens is 329 g/mol. The quantitative estimate of drug-likeness (QED) is 0.776. The first-order valence-electron chi connectivity index (χ1n) is 9.54. The van der Waals surface area contributed by atoms with E-state index in [1.54, 1.807) is 7.11 Å². The lowest BCUT2D eigenvalue weighted by atomic mass is 9.77. The van der Waals surface area contributed by atoms with Crippen molar-refractivity contribution in [3.8, 4) is 5.75 Å². The molecule has 0 N–H and O–H groups in total. The zero-order valence-corrected chi connectivity index (χ0v) is 16.6. The lowest BCUT2D eigenvalue weighted by Gasteiger charge is -2.32. The number of rotatable bonds is 4. The summed E-state index contributed by atoms with van der Waals surface area (Å²) in [5.41, 5.74) is 0.978. The van der Waals surface area contributed by atoms with E-state index in [9.17, 15) is 4.79 Å². The van der Waals surface area contributed by atoms with Crippen LogP contribution in [0, 0.1) is 0 Å². The lowest BCUT2D eigenvalue weighted by molar-refractivity contribution is -0.131. The Morgan fingerprint density at radius 2 is 1.73 bits per heavy atom. The summed E-state index contributed by atoms with van der Waals surface area (Å²) in [7, 11) is 1.14. The van der Waals surface area contributed by atoms with E-state index >= 15 is 0 Å². The molecule has 0 aromatic heterocycles. The number of carbonyl (C=O) groups excluding carboxylic acids is 1. The predicted octanol–water partition coefficient (Wildman–Crippen LogP) is 2.55. The van der Waals surface area contributed by atoms with Gasteiger partial charge in [0.15, 0.2) is 0 Å². The van der Waals surface area contributed by atoms with Crippen LogP contribution in [0.5, 0.6) is 5.75 Å². The SMILES string of the molecule is COc1ccc(CC(=O)N2CCCCC2)cc1B1OC(C)(C)C(C)(C)O1. The maximum atomic E-state index is 12.6. The van der Waals surface area contributed by atoms with Crippen molar-refractivity contribution >= 4 is 18.5 Å². The van der Waals surface area contributed by atoms with Gasteiger partial charge in [0, 0.05) is 18.6 Å². The Morgan fingerprint density at radius 1 is 1.12 bits per heavy atom. The van der Waals surface area contributed by atoms with Gasteiger partial charge < -0.3 is 18.9 Å². The van der Waals surface area contributed by atoms with Crippen LogP contribution in [0.25, 0.3) is 0 Å². The molecule has 2 saturated heterocycles. The number of benzene rings is 1. The molecule has 2 fully saturated rings. The zero-order valence-electron chi connectivity index (χ0n) is 16.6. The summed E-state index contributed by atoms with van der Waals surface area (Å²) in [6.45, 7) is 9.87. The molecular formula is C20H30BNO4. The topological polar surface area (TPSA) is 48.0 Å². The second-order valence-electron chi connectivity index (χ2n) is 8.28. The molecule has 142 valence electrons. The first kappa shape index (κ1) is 19.2. The summed E-state index contributed by atoms with van der Waals surface area (Å²) in [6, 6.07) is 5.84. The molecule has 0 aliphatic carbocycles. The fraction of sp³-hybridized carbons (Fsp3) is 0.650. The Kier molecular flexibility index (Phi) is 5.36. The van der Waals surface area contributed by atoms with E-state index in [4.69, 9.17) is 14.0 Å². The Hall–Kier alpha value is -1.53. The van der Waals surface area contributed by atoms with Crippen molar-refractivity contribution < 1.29 is 18.8 Å². The number of carbonyl (C=O) groups is 1. The van der Waals surface area contributed by atoms with Crippen LogP contribution < -0.4 is 10.2 Å². The Balaban J connectivity index is 1.80. The summed E-state index contributed by atoms with van der Waals surface area (Å²) in [5, 5.41) is 0. The highest BCUT2D eigenvalue weighted by Crippen LogP contribution is 2.37. The number of methoxy groups -OCH3 is 1. The first-order valence-corrected chi connectivity index (χ1v) is 9.54. The van der Waals surface area contributed by atoms with Crippen LogP contribution in [0.4, 0.5) is 0 Å². The Bertz CT molecular complexity index is 652. The molecule has 1 aromatic carbocycles. The minimum Gasteiger partial charge on any atom is -0.497 e. The minimum absolute atomic E-state index is 0.190. The van der Waals surface area contributed by atoms with Crippen molar-refractivity contribution in [3.63, 3.8) is 0 Å². The smallest absolute Gasteiger partial charge is 0.497 e. The fourth-order valence-electron chi connectivity index (χ4n) is 3.48. The van der Waals surface area contributed by atoms with Crippen molar-refractivity contribution in [1.82, 2.24) is 4.90 Å². The molecule has 2 aliphatic rings. The van der Waals surface area contributed by atoms with Crippen molar-refractivity contribution in [3.05, 3.63) is 23.8 Å². The van der Waals surface area contributed by atoms with Gasteiger partial charge in [0.25, 0.3) is 0 Å². The van der Waals surface area contributed by atoms with Crippen molar-refractivity contribution in [1.29, 1.82) is 0 Å². The highest BCUT2D eigenvalue weighted by atomic mass is 16.7. The van der Waals surface area contributed by atoms with E-state index < -0.39 is 18.3 Å². The van der Waals surface area contributed by atoms with Crippen LogP contribution in [0.2, 0.25) is 0 Å². The van der Waals surface area contributed by atoms with Gasteiger partial charge in [-0.3, -0.25) is 4.79 Å². The minimum atomic E-state index is -0.500. The molecule has 0 unspecified atom stereocenters. The third-order valence-electron chi connectivity index (χ3n) is 5.87. The van der Waals surface area contributed by atoms with Gasteiger partial charge in [0.2, 0.25) is 5.91 Å². The molecule has 26 heavy (non-hydrogen) atoms. The number of likely N-dealkylation sites (tertiary alicyclic amines) is 1. The number of amides is 1. The van der Waals surface area contributed by atoms with Gasteiger partial charge in [0.1, 0.15) is 5.75 Å². The molecule has 1 amide bonds. The normalized spacial score (nSPS) is 21.7. The Morgan fingerprint density at radius 3 is 2.31 bits per heavy atom. The number of hydrogen-bond donors (Lipinski definition) is 0. The molecule has 6 heteroatoms. The van der Waals surface area contributed by atoms with E-state index in [1.165, 1.54) is 6.42 Å². The maximum Gasteiger partial charge on any atom is 0.498 e. The molecule has 0 saturated carbocycles. The van der Waals surface area contributed by atoms with Gasteiger partial charge in [-0.25, -0.2) is 0 Å². The van der Waals surface area contributed by atoms with Gasteiger partial charge in [-0.1, -0.05) is 12.1 Å². The van der Waals surface area contributed by atoms with Gasteiger partial charge in [0.05, 0.1) is 24.7 Å². The van der Waals surface area contributed by atoms with E-state index in [2.05, 4.69) is 0 Å². The fourth-order valence-corrected chi connectivity index (χ4v) is 3.48. The monoisotopic (exact) mass is 359 g/mol. The summed E-state index contributed by atoms with van der Waals surface area (Å²) >= 11 is 0. The summed E-state index contributed by atoms with van der Waals surface area (Å²) in [4.78, 5) is 14.6. The van der Waals surface area contributed by atoms with Crippen LogP contribution in [0.3, 0.4) is 0 Å². The van der Waals surface area contributed by atoms with Crippen LogP contribution >= 0.6 is 0 Å². The summed E-state index contributed by atoms with van der Waals surface area (Å²) in [5.74, 6) is 0.910. The molecule has 5 nitrogen and oxygen atoms in total. The molecule has 0 spiro atoms. The standard InChI is InChI=1S/C20H30BNO4/c1-19(2)20(3,4)26-21(25-19)16-13-15(9-10-17(16)24-5)14-18(23)22-11-7-6-8-12-22/h9-10,13H,6-8,11-12,14H2,1-5H3. The molecule has 0 bridgehead atoms. The van der Waals surface area contributed by atoms with Crippen LogP contribution in [-0.2, 0) is 20.5 Å². The van der Waals surface area contributed by atoms with E-state index in [0.717, 1.165) is 42.7 Å². The van der Waals surface area contributed by atoms with Crippen LogP contribution in [-0.4, -0.2) is 49.3 Å². The highest BCUT2D eigenvalue weighted by Gasteiger charge is 2.52. The predicted molar refractivity (Wildman–Crippen MR) is 103 cm³/mol. The first-order chi connectivity index (χ1) is 12.2. The largest absolute Gasteiger partial charge is 0.498 e. The molecule has 2 heterocycles.